The number of phosphoric ester groups is 1. The molecule has 0 bridgehead atoms. The van der Waals surface area contributed by atoms with E-state index >= 15 is 0 Å². The van der Waals surface area contributed by atoms with E-state index in [0.717, 1.165) is 12.0 Å². The highest BCUT2D eigenvalue weighted by Crippen LogP contribution is 2.43. The van der Waals surface area contributed by atoms with Gasteiger partial charge in [-0.25, -0.2) is 4.57 Å². The molecular formula is C20H34NO5P. The van der Waals surface area contributed by atoms with Gasteiger partial charge >= 0.3 is 7.82 Å². The Morgan fingerprint density at radius 2 is 1.78 bits per heavy atom. The zero-order valence-corrected chi connectivity index (χ0v) is 17.4. The monoisotopic (exact) mass is 399 g/mol. The lowest BCUT2D eigenvalue weighted by Crippen LogP contribution is -2.45. The highest BCUT2D eigenvalue weighted by Gasteiger charge is 2.46. The Morgan fingerprint density at radius 3 is 2.41 bits per heavy atom. The van der Waals surface area contributed by atoms with Gasteiger partial charge in [0.15, 0.2) is 0 Å². The number of ether oxygens (including phenoxy) is 1. The highest BCUT2D eigenvalue weighted by atomic mass is 31.2. The van der Waals surface area contributed by atoms with Crippen LogP contribution >= 0.6 is 7.82 Å². The average molecular weight is 399 g/mol. The van der Waals surface area contributed by atoms with Crippen molar-refractivity contribution in [1.82, 2.24) is 0 Å². The molecule has 0 amide bonds. The normalized spacial score (nSPS) is 25.8. The summed E-state index contributed by atoms with van der Waals surface area (Å²) >= 11 is 0. The van der Waals surface area contributed by atoms with Crippen molar-refractivity contribution in [2.24, 2.45) is 5.73 Å². The number of unbranched alkanes of at least 4 members (excludes halogenated alkanes) is 5. The van der Waals surface area contributed by atoms with Crippen molar-refractivity contribution in [3.63, 3.8) is 0 Å². The first-order valence-corrected chi connectivity index (χ1v) is 11.4. The van der Waals surface area contributed by atoms with Gasteiger partial charge in [-0.2, -0.15) is 0 Å². The lowest BCUT2D eigenvalue weighted by Gasteiger charge is -2.27. The summed E-state index contributed by atoms with van der Waals surface area (Å²) in [5, 5.41) is 0. The predicted octanol–water partition coefficient (Wildman–Crippen LogP) is 4.03. The minimum Gasteiger partial charge on any atom is -0.369 e. The van der Waals surface area contributed by atoms with Gasteiger partial charge in [0.1, 0.15) is 0 Å². The molecule has 0 aromatic heterocycles. The summed E-state index contributed by atoms with van der Waals surface area (Å²) in [5.74, 6) is 0. The quantitative estimate of drug-likeness (QED) is 0.383. The van der Waals surface area contributed by atoms with E-state index in [1.165, 1.54) is 44.1 Å². The van der Waals surface area contributed by atoms with Crippen molar-refractivity contribution < 1.29 is 23.6 Å². The van der Waals surface area contributed by atoms with Crippen LogP contribution in [0, 0.1) is 0 Å². The van der Waals surface area contributed by atoms with Crippen LogP contribution in [0.3, 0.4) is 0 Å². The smallest absolute Gasteiger partial charge is 0.369 e. The Hall–Kier alpha value is -0.750. The van der Waals surface area contributed by atoms with Crippen molar-refractivity contribution >= 4 is 7.82 Å². The number of rotatable bonds is 11. The second-order valence-electron chi connectivity index (χ2n) is 8.04. The van der Waals surface area contributed by atoms with E-state index in [9.17, 15) is 4.57 Å². The van der Waals surface area contributed by atoms with Gasteiger partial charge in [0.2, 0.25) is 0 Å². The van der Waals surface area contributed by atoms with Crippen molar-refractivity contribution in [2.75, 3.05) is 13.2 Å². The Labute approximate surface area is 162 Å². The minimum atomic E-state index is -4.54. The first kappa shape index (κ1) is 22.5. The van der Waals surface area contributed by atoms with Crippen molar-refractivity contribution in [2.45, 2.75) is 76.4 Å². The molecule has 1 aromatic rings. The van der Waals surface area contributed by atoms with Gasteiger partial charge in [0.25, 0.3) is 0 Å². The zero-order chi connectivity index (χ0) is 20.0. The third-order valence-corrected chi connectivity index (χ3v) is 5.74. The number of benzene rings is 1. The molecule has 0 aliphatic carbocycles. The molecule has 0 spiro atoms. The lowest BCUT2D eigenvalue weighted by atomic mass is 9.85. The van der Waals surface area contributed by atoms with Crippen molar-refractivity contribution in [3.8, 4) is 0 Å². The first-order chi connectivity index (χ1) is 12.7. The molecule has 154 valence electrons. The molecule has 27 heavy (non-hydrogen) atoms. The Bertz CT molecular complexity index is 632. The fourth-order valence-corrected chi connectivity index (χ4v) is 4.13. The number of hydrogen-bond acceptors (Lipinski definition) is 4. The maximum Gasteiger partial charge on any atom is 0.469 e. The number of phosphoric acid groups is 1. The molecule has 7 heteroatoms. The van der Waals surface area contributed by atoms with Crippen LogP contribution < -0.4 is 5.73 Å². The van der Waals surface area contributed by atoms with E-state index in [0.29, 0.717) is 6.42 Å². The molecule has 1 heterocycles. The third kappa shape index (κ3) is 7.30. The second-order valence-corrected chi connectivity index (χ2v) is 9.28. The topological polar surface area (TPSA) is 102 Å². The fourth-order valence-electron chi connectivity index (χ4n) is 3.70. The van der Waals surface area contributed by atoms with Crippen LogP contribution in [0.25, 0.3) is 0 Å². The molecule has 4 N–H and O–H groups in total. The van der Waals surface area contributed by atoms with E-state index in [1.54, 1.807) is 0 Å². The van der Waals surface area contributed by atoms with E-state index < -0.39 is 19.0 Å². The van der Waals surface area contributed by atoms with Crippen molar-refractivity contribution in [3.05, 3.63) is 35.4 Å². The average Bonchev–Trinajstić information content (AvgIpc) is 2.93. The van der Waals surface area contributed by atoms with Crippen LogP contribution in [-0.4, -0.2) is 28.5 Å². The SMILES string of the molecule is CCCCCCCCc1ccc(C2(C)CC(N)(COP(=O)(O)O)CO2)cc1. The molecule has 6 nitrogen and oxygen atoms in total. The maximum atomic E-state index is 10.9. The van der Waals surface area contributed by atoms with Gasteiger partial charge in [-0.05, 0) is 30.9 Å². The van der Waals surface area contributed by atoms with Crippen LogP contribution in [0.5, 0.6) is 0 Å². The summed E-state index contributed by atoms with van der Waals surface area (Å²) in [6, 6.07) is 8.42. The molecule has 2 atom stereocenters. The summed E-state index contributed by atoms with van der Waals surface area (Å²) in [4.78, 5) is 17.8. The molecule has 1 aliphatic rings. The van der Waals surface area contributed by atoms with E-state index in [2.05, 4.69) is 35.7 Å². The molecule has 2 unspecified atom stereocenters. The minimum absolute atomic E-state index is 0.197. The molecule has 1 saturated heterocycles. The second kappa shape index (κ2) is 9.64. The lowest BCUT2D eigenvalue weighted by molar-refractivity contribution is 0.0138. The van der Waals surface area contributed by atoms with Gasteiger partial charge in [0.05, 0.1) is 24.4 Å². The summed E-state index contributed by atoms with van der Waals surface area (Å²) in [7, 11) is -4.54. The van der Waals surface area contributed by atoms with E-state index in [-0.39, 0.29) is 13.2 Å². The summed E-state index contributed by atoms with van der Waals surface area (Å²) in [6.07, 6.45) is 9.26. The van der Waals surface area contributed by atoms with Crippen LogP contribution in [0.2, 0.25) is 0 Å². The largest absolute Gasteiger partial charge is 0.469 e. The van der Waals surface area contributed by atoms with Gasteiger partial charge < -0.3 is 20.3 Å². The summed E-state index contributed by atoms with van der Waals surface area (Å²) < 4.78 is 21.5. The van der Waals surface area contributed by atoms with Crippen LogP contribution in [0.15, 0.2) is 24.3 Å². The standard InChI is InChI=1S/C20H34NO5P/c1-3-4-5-6-7-8-9-17-10-12-18(13-11-17)19(2)14-20(21,15-25-19)16-26-27(22,23)24/h10-13H,3-9,14-16,21H2,1-2H3,(H2,22,23,24). The first-order valence-electron chi connectivity index (χ1n) is 9.88. The molecule has 0 saturated carbocycles. The molecule has 1 fully saturated rings. The molecule has 2 rings (SSSR count). The van der Waals surface area contributed by atoms with Gasteiger partial charge in [-0.3, -0.25) is 4.52 Å². The van der Waals surface area contributed by atoms with E-state index in [1.807, 2.05) is 6.92 Å². The molecule has 1 aromatic carbocycles. The van der Waals surface area contributed by atoms with Gasteiger partial charge in [-0.1, -0.05) is 63.3 Å². The Balaban J connectivity index is 1.86. The van der Waals surface area contributed by atoms with E-state index in [4.69, 9.17) is 20.3 Å². The third-order valence-electron chi connectivity index (χ3n) is 5.27. The fraction of sp³-hybridized carbons (Fsp3) is 0.700. The van der Waals surface area contributed by atoms with Gasteiger partial charge in [0, 0.05) is 6.42 Å². The van der Waals surface area contributed by atoms with Crippen LogP contribution in [-0.2, 0) is 25.8 Å². The summed E-state index contributed by atoms with van der Waals surface area (Å²) in [6.45, 7) is 4.16. The highest BCUT2D eigenvalue weighted by molar-refractivity contribution is 7.46. The van der Waals surface area contributed by atoms with Crippen LogP contribution in [0.4, 0.5) is 0 Å². The molecular weight excluding hydrogens is 365 g/mol. The molecule has 1 aliphatic heterocycles. The zero-order valence-electron chi connectivity index (χ0n) is 16.5. The Morgan fingerprint density at radius 1 is 1.15 bits per heavy atom. The molecule has 0 radical (unpaired) electrons. The van der Waals surface area contributed by atoms with Gasteiger partial charge in [-0.15, -0.1) is 0 Å². The number of nitrogens with two attached hydrogens (primary N) is 1. The Kier molecular flexibility index (Phi) is 8.05. The maximum absolute atomic E-state index is 10.9. The van der Waals surface area contributed by atoms with Crippen LogP contribution in [0.1, 0.15) is 69.9 Å². The number of hydrogen-bond donors (Lipinski definition) is 3. The predicted molar refractivity (Wildman–Crippen MR) is 106 cm³/mol. The summed E-state index contributed by atoms with van der Waals surface area (Å²) in [5.41, 5.74) is 7.09. The van der Waals surface area contributed by atoms with Crippen molar-refractivity contribution in [1.29, 1.82) is 0 Å². The number of aryl methyl sites for hydroxylation is 1.